The van der Waals surface area contributed by atoms with Gasteiger partial charge in [0.1, 0.15) is 23.7 Å². The maximum Gasteiger partial charge on any atom is 0.325 e. The topological polar surface area (TPSA) is 94.6 Å². The summed E-state index contributed by atoms with van der Waals surface area (Å²) in [5.74, 6) is -0.677. The standard InChI is InChI=1S/C21H22FN5O3/c1-21(14-4-6-15(22)7-5-14)19(29)27(20(30)25-21)13-18(28)24-16-8-9-17(23-12-16)26-10-2-3-11-26/h4-9,12H,2-3,10-11,13H2,1H3,(H,24,28)(H,25,30). The number of rotatable bonds is 5. The van der Waals surface area contributed by atoms with Gasteiger partial charge in [-0.25, -0.2) is 14.2 Å². The minimum atomic E-state index is -1.36. The van der Waals surface area contributed by atoms with Crippen LogP contribution in [0.15, 0.2) is 42.6 Å². The number of benzene rings is 1. The molecule has 2 saturated heterocycles. The summed E-state index contributed by atoms with van der Waals surface area (Å²) < 4.78 is 13.2. The summed E-state index contributed by atoms with van der Waals surface area (Å²) in [7, 11) is 0. The van der Waals surface area contributed by atoms with Gasteiger partial charge in [0, 0.05) is 13.1 Å². The first kappa shape index (κ1) is 19.8. The smallest absolute Gasteiger partial charge is 0.325 e. The molecule has 2 aliphatic rings. The Bertz CT molecular complexity index is 973. The predicted molar refractivity (Wildman–Crippen MR) is 108 cm³/mol. The Morgan fingerprint density at radius 3 is 2.50 bits per heavy atom. The minimum absolute atomic E-state index is 0.435. The third kappa shape index (κ3) is 3.70. The highest BCUT2D eigenvalue weighted by atomic mass is 19.1. The van der Waals surface area contributed by atoms with Crippen molar-refractivity contribution in [1.29, 1.82) is 0 Å². The van der Waals surface area contributed by atoms with Gasteiger partial charge >= 0.3 is 6.03 Å². The maximum absolute atomic E-state index is 13.2. The maximum atomic E-state index is 13.2. The third-order valence-electron chi connectivity index (χ3n) is 5.46. The van der Waals surface area contributed by atoms with Crippen molar-refractivity contribution in [3.05, 3.63) is 54.0 Å². The van der Waals surface area contributed by atoms with Crippen molar-refractivity contribution in [3.8, 4) is 0 Å². The minimum Gasteiger partial charge on any atom is -0.357 e. The molecular formula is C21H22FN5O3. The van der Waals surface area contributed by atoms with Crippen molar-refractivity contribution in [2.45, 2.75) is 25.3 Å². The molecule has 156 valence electrons. The number of pyridine rings is 1. The first-order valence-corrected chi connectivity index (χ1v) is 9.78. The Hall–Kier alpha value is -3.49. The Labute approximate surface area is 173 Å². The summed E-state index contributed by atoms with van der Waals surface area (Å²) in [6.45, 7) is 3.03. The van der Waals surface area contributed by atoms with E-state index in [0.29, 0.717) is 11.3 Å². The summed E-state index contributed by atoms with van der Waals surface area (Å²) >= 11 is 0. The van der Waals surface area contributed by atoms with Gasteiger partial charge < -0.3 is 15.5 Å². The molecule has 0 bridgehead atoms. The highest BCUT2D eigenvalue weighted by Gasteiger charge is 2.49. The lowest BCUT2D eigenvalue weighted by Crippen LogP contribution is -2.42. The van der Waals surface area contributed by atoms with Crippen LogP contribution in [0.4, 0.5) is 20.7 Å². The number of nitrogens with one attached hydrogen (secondary N) is 2. The molecule has 1 atom stereocenters. The van der Waals surface area contributed by atoms with Gasteiger partial charge in [-0.2, -0.15) is 0 Å². The second-order valence-electron chi connectivity index (χ2n) is 7.60. The molecule has 9 heteroatoms. The monoisotopic (exact) mass is 411 g/mol. The van der Waals surface area contributed by atoms with Crippen LogP contribution in [0.3, 0.4) is 0 Å². The highest BCUT2D eigenvalue weighted by molar-refractivity contribution is 6.10. The lowest BCUT2D eigenvalue weighted by Gasteiger charge is -2.22. The Balaban J connectivity index is 1.41. The van der Waals surface area contributed by atoms with Crippen molar-refractivity contribution in [2.75, 3.05) is 29.9 Å². The molecule has 2 fully saturated rings. The first-order valence-electron chi connectivity index (χ1n) is 9.78. The molecule has 8 nitrogen and oxygen atoms in total. The molecule has 4 rings (SSSR count). The van der Waals surface area contributed by atoms with Crippen LogP contribution in [0.5, 0.6) is 0 Å². The number of carbonyl (C=O) groups is 3. The van der Waals surface area contributed by atoms with Gasteiger partial charge in [-0.1, -0.05) is 12.1 Å². The second-order valence-corrected chi connectivity index (χ2v) is 7.60. The van der Waals surface area contributed by atoms with Crippen LogP contribution in [-0.2, 0) is 15.1 Å². The van der Waals surface area contributed by atoms with Gasteiger partial charge in [0.15, 0.2) is 0 Å². The SMILES string of the molecule is CC1(c2ccc(F)cc2)NC(=O)N(CC(=O)Nc2ccc(N3CCCC3)nc2)C1=O. The average Bonchev–Trinajstić information content (AvgIpc) is 3.33. The molecule has 1 unspecified atom stereocenters. The van der Waals surface area contributed by atoms with Crippen LogP contribution in [0.1, 0.15) is 25.3 Å². The van der Waals surface area contributed by atoms with Crippen molar-refractivity contribution in [1.82, 2.24) is 15.2 Å². The number of carbonyl (C=O) groups excluding carboxylic acids is 3. The predicted octanol–water partition coefficient (Wildman–Crippen LogP) is 2.23. The van der Waals surface area contributed by atoms with Crippen LogP contribution < -0.4 is 15.5 Å². The molecule has 2 aromatic rings. The number of imide groups is 1. The van der Waals surface area contributed by atoms with Crippen LogP contribution in [0.2, 0.25) is 0 Å². The van der Waals surface area contributed by atoms with E-state index in [1.807, 2.05) is 6.07 Å². The number of nitrogens with zero attached hydrogens (tertiary/aromatic N) is 3. The Morgan fingerprint density at radius 2 is 1.87 bits per heavy atom. The number of halogens is 1. The van der Waals surface area contributed by atoms with Gasteiger partial charge in [-0.15, -0.1) is 0 Å². The van der Waals surface area contributed by atoms with E-state index in [4.69, 9.17) is 0 Å². The molecule has 2 N–H and O–H groups in total. The van der Waals surface area contributed by atoms with Gasteiger partial charge in [-0.05, 0) is 49.6 Å². The van der Waals surface area contributed by atoms with Crippen LogP contribution in [0.25, 0.3) is 0 Å². The molecule has 0 spiro atoms. The zero-order valence-corrected chi connectivity index (χ0v) is 16.5. The van der Waals surface area contributed by atoms with E-state index in [1.165, 1.54) is 31.2 Å². The first-order chi connectivity index (χ1) is 14.4. The molecule has 4 amide bonds. The summed E-state index contributed by atoms with van der Waals surface area (Å²) in [6.07, 6.45) is 3.84. The average molecular weight is 411 g/mol. The van der Waals surface area contributed by atoms with Crippen LogP contribution in [0, 0.1) is 5.82 Å². The van der Waals surface area contributed by atoms with Crippen LogP contribution >= 0.6 is 0 Å². The van der Waals surface area contributed by atoms with E-state index in [-0.39, 0.29) is 0 Å². The quantitative estimate of drug-likeness (QED) is 0.736. The number of amides is 4. The third-order valence-corrected chi connectivity index (χ3v) is 5.46. The Morgan fingerprint density at radius 1 is 1.17 bits per heavy atom. The highest BCUT2D eigenvalue weighted by Crippen LogP contribution is 2.29. The summed E-state index contributed by atoms with van der Waals surface area (Å²) in [4.78, 5) is 45.0. The fourth-order valence-corrected chi connectivity index (χ4v) is 3.76. The lowest BCUT2D eigenvalue weighted by molar-refractivity contribution is -0.133. The number of anilines is 2. The van der Waals surface area contributed by atoms with Crippen molar-refractivity contribution in [3.63, 3.8) is 0 Å². The zero-order valence-electron chi connectivity index (χ0n) is 16.5. The number of hydrogen-bond donors (Lipinski definition) is 2. The normalized spacial score (nSPS) is 21.1. The molecule has 3 heterocycles. The molecule has 1 aromatic heterocycles. The van der Waals surface area contributed by atoms with Crippen LogP contribution in [-0.4, -0.2) is 47.4 Å². The van der Waals surface area contributed by atoms with E-state index >= 15 is 0 Å². The van der Waals surface area contributed by atoms with Crippen molar-refractivity contribution < 1.29 is 18.8 Å². The Kier molecular flexibility index (Phi) is 5.11. The molecule has 0 radical (unpaired) electrons. The summed E-state index contributed by atoms with van der Waals surface area (Å²) in [5.41, 5.74) is -0.438. The fourth-order valence-electron chi connectivity index (χ4n) is 3.76. The zero-order chi connectivity index (χ0) is 21.3. The number of urea groups is 1. The van der Waals surface area contributed by atoms with E-state index < -0.39 is 35.7 Å². The van der Waals surface area contributed by atoms with Gasteiger partial charge in [-0.3, -0.25) is 14.5 Å². The fraction of sp³-hybridized carbons (Fsp3) is 0.333. The van der Waals surface area contributed by atoms with E-state index in [1.54, 1.807) is 12.3 Å². The molecule has 30 heavy (non-hydrogen) atoms. The molecular weight excluding hydrogens is 389 g/mol. The van der Waals surface area contributed by atoms with Gasteiger partial charge in [0.2, 0.25) is 5.91 Å². The lowest BCUT2D eigenvalue weighted by atomic mass is 9.92. The van der Waals surface area contributed by atoms with E-state index in [2.05, 4.69) is 20.5 Å². The number of hydrogen-bond acceptors (Lipinski definition) is 5. The number of aromatic nitrogens is 1. The molecule has 0 saturated carbocycles. The second kappa shape index (κ2) is 7.74. The molecule has 0 aliphatic carbocycles. The van der Waals surface area contributed by atoms with E-state index in [9.17, 15) is 18.8 Å². The summed E-state index contributed by atoms with van der Waals surface area (Å²) in [6, 6.07) is 8.20. The molecule has 1 aromatic carbocycles. The van der Waals surface area contributed by atoms with Gasteiger partial charge in [0.25, 0.3) is 5.91 Å². The van der Waals surface area contributed by atoms with Crippen molar-refractivity contribution in [2.24, 2.45) is 0 Å². The molecule has 2 aliphatic heterocycles. The largest absolute Gasteiger partial charge is 0.357 e. The van der Waals surface area contributed by atoms with Crippen molar-refractivity contribution >= 4 is 29.4 Å². The van der Waals surface area contributed by atoms with Gasteiger partial charge in [0.05, 0.1) is 11.9 Å². The van der Waals surface area contributed by atoms with E-state index in [0.717, 1.165) is 36.6 Å². The summed E-state index contributed by atoms with van der Waals surface area (Å²) in [5, 5.41) is 5.25.